The fourth-order valence-corrected chi connectivity index (χ4v) is 3.68. The number of ether oxygens (including phenoxy) is 2. The van der Waals surface area contributed by atoms with Crippen LogP contribution in [-0.4, -0.2) is 25.2 Å². The lowest BCUT2D eigenvalue weighted by Crippen LogP contribution is -2.15. The summed E-state index contributed by atoms with van der Waals surface area (Å²) in [7, 11) is 0. The van der Waals surface area contributed by atoms with Crippen LogP contribution in [0.15, 0.2) is 24.3 Å². The molecule has 0 amide bonds. The Morgan fingerprint density at radius 2 is 1.29 bits per heavy atom. The van der Waals surface area contributed by atoms with Crippen LogP contribution in [0.25, 0.3) is 0 Å². The van der Waals surface area contributed by atoms with Crippen molar-refractivity contribution in [2.75, 3.05) is 13.2 Å². The average molecular weight is 433 g/mol. The molecule has 1 rings (SSSR count). The molecule has 1 atom stereocenters. The predicted octanol–water partition coefficient (Wildman–Crippen LogP) is 7.60. The van der Waals surface area contributed by atoms with Crippen LogP contribution in [0.3, 0.4) is 0 Å². The van der Waals surface area contributed by atoms with E-state index in [0.29, 0.717) is 30.3 Å². The van der Waals surface area contributed by atoms with E-state index in [-0.39, 0.29) is 11.9 Å². The van der Waals surface area contributed by atoms with Crippen molar-refractivity contribution in [1.29, 1.82) is 0 Å². The Morgan fingerprint density at radius 1 is 0.710 bits per heavy atom. The molecule has 0 saturated carbocycles. The largest absolute Gasteiger partial charge is 0.462 e. The molecule has 1 unspecified atom stereocenters. The number of hydrogen-bond donors (Lipinski definition) is 0. The van der Waals surface area contributed by atoms with E-state index >= 15 is 0 Å². The van der Waals surface area contributed by atoms with Crippen LogP contribution in [0, 0.1) is 11.8 Å². The van der Waals surface area contributed by atoms with Crippen molar-refractivity contribution >= 4 is 11.9 Å². The number of carbonyl (C=O) groups excluding carboxylic acids is 2. The van der Waals surface area contributed by atoms with Crippen molar-refractivity contribution < 1.29 is 19.1 Å². The minimum absolute atomic E-state index is 0.321. The van der Waals surface area contributed by atoms with E-state index in [1.54, 1.807) is 24.3 Å². The zero-order valence-corrected chi connectivity index (χ0v) is 20.3. The third-order valence-corrected chi connectivity index (χ3v) is 5.63. The van der Waals surface area contributed by atoms with E-state index in [0.717, 1.165) is 38.0 Å². The van der Waals surface area contributed by atoms with Crippen LogP contribution < -0.4 is 0 Å². The summed E-state index contributed by atoms with van der Waals surface area (Å²) in [6, 6.07) is 6.59. The molecule has 0 aliphatic heterocycles. The van der Waals surface area contributed by atoms with Crippen LogP contribution in [0.1, 0.15) is 119 Å². The maximum atomic E-state index is 12.4. The van der Waals surface area contributed by atoms with Crippen LogP contribution in [0.5, 0.6) is 0 Å². The quantitative estimate of drug-likeness (QED) is 0.188. The maximum absolute atomic E-state index is 12.4. The van der Waals surface area contributed by atoms with Crippen molar-refractivity contribution in [1.82, 2.24) is 0 Å². The summed E-state index contributed by atoms with van der Waals surface area (Å²) in [5.41, 5.74) is 0.949. The summed E-state index contributed by atoms with van der Waals surface area (Å²) in [6.07, 6.45) is 12.6. The second-order valence-electron chi connectivity index (χ2n) is 9.06. The van der Waals surface area contributed by atoms with Gasteiger partial charge in [-0.3, -0.25) is 0 Å². The molecule has 0 spiro atoms. The van der Waals surface area contributed by atoms with Gasteiger partial charge in [-0.15, -0.1) is 0 Å². The third-order valence-electron chi connectivity index (χ3n) is 5.63. The van der Waals surface area contributed by atoms with Crippen LogP contribution in [-0.2, 0) is 9.47 Å². The van der Waals surface area contributed by atoms with Gasteiger partial charge < -0.3 is 9.47 Å². The van der Waals surface area contributed by atoms with Gasteiger partial charge in [-0.2, -0.15) is 0 Å². The molecule has 4 heteroatoms. The lowest BCUT2D eigenvalue weighted by Gasteiger charge is -2.16. The fourth-order valence-electron chi connectivity index (χ4n) is 3.68. The zero-order chi connectivity index (χ0) is 22.9. The second-order valence-corrected chi connectivity index (χ2v) is 9.06. The van der Waals surface area contributed by atoms with Crippen LogP contribution in [0.2, 0.25) is 0 Å². The number of hydrogen-bond acceptors (Lipinski definition) is 4. The van der Waals surface area contributed by atoms with E-state index < -0.39 is 0 Å². The summed E-state index contributed by atoms with van der Waals surface area (Å²) >= 11 is 0. The van der Waals surface area contributed by atoms with Crippen molar-refractivity contribution in [3.8, 4) is 0 Å². The molecule has 0 fully saturated rings. The molecule has 0 saturated heterocycles. The van der Waals surface area contributed by atoms with E-state index in [9.17, 15) is 9.59 Å². The molecule has 0 radical (unpaired) electrons. The SMILES string of the molecule is CCCCCC(CCC)COC(=O)c1ccc(C(=O)OCCCCCCC(C)C)cc1. The molecule has 0 N–H and O–H groups in total. The van der Waals surface area contributed by atoms with Gasteiger partial charge in [-0.05, 0) is 55.4 Å². The molecule has 0 aliphatic rings. The maximum Gasteiger partial charge on any atom is 0.338 e. The van der Waals surface area contributed by atoms with Crippen molar-refractivity contribution in [3.63, 3.8) is 0 Å². The lowest BCUT2D eigenvalue weighted by atomic mass is 9.97. The Morgan fingerprint density at radius 3 is 1.87 bits per heavy atom. The highest BCUT2D eigenvalue weighted by molar-refractivity contribution is 5.93. The first-order valence-electron chi connectivity index (χ1n) is 12.4. The topological polar surface area (TPSA) is 52.6 Å². The number of carbonyl (C=O) groups is 2. The molecule has 1 aromatic rings. The Hall–Kier alpha value is -1.84. The number of rotatable bonds is 17. The fraction of sp³-hybridized carbons (Fsp3) is 0.704. The molecule has 0 aromatic heterocycles. The van der Waals surface area contributed by atoms with E-state index in [4.69, 9.17) is 9.47 Å². The highest BCUT2D eigenvalue weighted by Crippen LogP contribution is 2.17. The second kappa shape index (κ2) is 16.8. The standard InChI is InChI=1S/C27H44O4/c1-5-7-10-15-23(13-6-2)21-31-27(29)25-18-16-24(17-19-25)26(28)30-20-12-9-8-11-14-22(3)4/h16-19,22-23H,5-15,20-21H2,1-4H3. The molecule has 0 heterocycles. The van der Waals surface area contributed by atoms with Gasteiger partial charge in [0.05, 0.1) is 24.3 Å². The van der Waals surface area contributed by atoms with Crippen molar-refractivity contribution in [2.24, 2.45) is 11.8 Å². The smallest absolute Gasteiger partial charge is 0.338 e. The summed E-state index contributed by atoms with van der Waals surface area (Å²) in [5.74, 6) is 0.528. The van der Waals surface area contributed by atoms with Crippen molar-refractivity contribution in [2.45, 2.75) is 98.3 Å². The van der Waals surface area contributed by atoms with Gasteiger partial charge in [0, 0.05) is 0 Å². The minimum atomic E-state index is -0.332. The number of unbranched alkanes of at least 4 members (excludes halogenated alkanes) is 5. The van der Waals surface area contributed by atoms with Gasteiger partial charge in [0.25, 0.3) is 0 Å². The van der Waals surface area contributed by atoms with Gasteiger partial charge in [0.2, 0.25) is 0 Å². The zero-order valence-electron chi connectivity index (χ0n) is 20.3. The van der Waals surface area contributed by atoms with Crippen molar-refractivity contribution in [3.05, 3.63) is 35.4 Å². The summed E-state index contributed by atoms with van der Waals surface area (Å²) in [4.78, 5) is 24.5. The molecule has 0 aliphatic carbocycles. The first-order valence-corrected chi connectivity index (χ1v) is 12.4. The summed E-state index contributed by atoms with van der Waals surface area (Å²) in [5, 5.41) is 0. The molecule has 1 aromatic carbocycles. The average Bonchev–Trinajstić information content (AvgIpc) is 2.76. The normalized spacial score (nSPS) is 12.0. The number of esters is 2. The minimum Gasteiger partial charge on any atom is -0.462 e. The monoisotopic (exact) mass is 432 g/mol. The Labute approximate surface area is 190 Å². The highest BCUT2D eigenvalue weighted by Gasteiger charge is 2.14. The van der Waals surface area contributed by atoms with E-state index in [2.05, 4.69) is 27.7 Å². The van der Waals surface area contributed by atoms with E-state index in [1.807, 2.05) is 0 Å². The van der Waals surface area contributed by atoms with Crippen LogP contribution >= 0.6 is 0 Å². The third kappa shape index (κ3) is 12.6. The lowest BCUT2D eigenvalue weighted by molar-refractivity contribution is 0.0421. The summed E-state index contributed by atoms with van der Waals surface area (Å²) < 4.78 is 10.9. The Balaban J connectivity index is 2.35. The molecule has 31 heavy (non-hydrogen) atoms. The van der Waals surface area contributed by atoms with Gasteiger partial charge in [0.1, 0.15) is 0 Å². The van der Waals surface area contributed by atoms with Gasteiger partial charge in [-0.25, -0.2) is 9.59 Å². The molecular weight excluding hydrogens is 388 g/mol. The predicted molar refractivity (Wildman–Crippen MR) is 127 cm³/mol. The molecule has 176 valence electrons. The first kappa shape index (κ1) is 27.2. The Kier molecular flexibility index (Phi) is 14.7. The molecule has 0 bridgehead atoms. The van der Waals surface area contributed by atoms with Gasteiger partial charge in [-0.1, -0.05) is 79.1 Å². The highest BCUT2D eigenvalue weighted by atomic mass is 16.5. The van der Waals surface area contributed by atoms with Gasteiger partial charge >= 0.3 is 11.9 Å². The summed E-state index contributed by atoms with van der Waals surface area (Å²) in [6.45, 7) is 9.76. The van der Waals surface area contributed by atoms with Gasteiger partial charge in [0.15, 0.2) is 0 Å². The molecule has 4 nitrogen and oxygen atoms in total. The molecular formula is C27H44O4. The Bertz CT molecular complexity index is 606. The van der Waals surface area contributed by atoms with E-state index in [1.165, 1.54) is 38.5 Å². The van der Waals surface area contributed by atoms with Crippen LogP contribution in [0.4, 0.5) is 0 Å². The number of benzene rings is 1. The first-order chi connectivity index (χ1) is 15.0.